The number of aromatic amines is 1. The summed E-state index contributed by atoms with van der Waals surface area (Å²) in [5.74, 6) is 0.986. The average molecular weight is 465 g/mol. The van der Waals surface area contributed by atoms with E-state index in [9.17, 15) is 4.79 Å². The minimum absolute atomic E-state index is 0.207. The van der Waals surface area contributed by atoms with Gasteiger partial charge in [0, 0.05) is 17.7 Å². The van der Waals surface area contributed by atoms with Crippen molar-refractivity contribution >= 4 is 16.9 Å². The lowest BCUT2D eigenvalue weighted by Gasteiger charge is -2.12. The van der Waals surface area contributed by atoms with Crippen LogP contribution in [0.2, 0.25) is 0 Å². The third kappa shape index (κ3) is 4.44. The molecule has 174 valence electrons. The van der Waals surface area contributed by atoms with E-state index in [4.69, 9.17) is 14.5 Å². The van der Waals surface area contributed by atoms with E-state index in [0.717, 1.165) is 22.4 Å². The molecule has 1 amide bonds. The van der Waals surface area contributed by atoms with Gasteiger partial charge < -0.3 is 14.8 Å². The van der Waals surface area contributed by atoms with E-state index in [0.29, 0.717) is 40.3 Å². The predicted molar refractivity (Wildman–Crippen MR) is 135 cm³/mol. The number of hydrogen-bond acceptors (Lipinski definition) is 5. The van der Waals surface area contributed by atoms with Crippen LogP contribution in [0.15, 0.2) is 84.9 Å². The highest BCUT2D eigenvalue weighted by molar-refractivity contribution is 6.11. The minimum Gasteiger partial charge on any atom is -0.493 e. The van der Waals surface area contributed by atoms with Crippen molar-refractivity contribution in [2.45, 2.75) is 6.54 Å². The van der Waals surface area contributed by atoms with Crippen LogP contribution < -0.4 is 14.8 Å². The van der Waals surface area contributed by atoms with Crippen LogP contribution in [-0.2, 0) is 6.54 Å². The maximum absolute atomic E-state index is 13.5. The molecule has 7 heteroatoms. The van der Waals surface area contributed by atoms with Crippen LogP contribution in [-0.4, -0.2) is 35.3 Å². The molecule has 0 bridgehead atoms. The summed E-state index contributed by atoms with van der Waals surface area (Å²) in [4.78, 5) is 18.3. The number of ether oxygens (including phenoxy) is 2. The van der Waals surface area contributed by atoms with E-state index >= 15 is 0 Å². The highest BCUT2D eigenvalue weighted by atomic mass is 16.5. The normalized spacial score (nSPS) is 10.8. The Balaban J connectivity index is 1.62. The second-order valence-electron chi connectivity index (χ2n) is 7.96. The maximum Gasteiger partial charge on any atom is 0.252 e. The zero-order valence-corrected chi connectivity index (χ0v) is 19.4. The van der Waals surface area contributed by atoms with Crippen LogP contribution in [0.5, 0.6) is 11.5 Å². The van der Waals surface area contributed by atoms with Crippen LogP contribution in [0.25, 0.3) is 33.5 Å². The summed E-state index contributed by atoms with van der Waals surface area (Å²) in [6.45, 7) is 0.410. The first-order chi connectivity index (χ1) is 17.2. The highest BCUT2D eigenvalue weighted by Crippen LogP contribution is 2.35. The first-order valence-corrected chi connectivity index (χ1v) is 11.2. The molecule has 0 atom stereocenters. The zero-order chi connectivity index (χ0) is 24.2. The Hall–Kier alpha value is -4.65. The van der Waals surface area contributed by atoms with E-state index in [1.807, 2.05) is 78.9 Å². The van der Waals surface area contributed by atoms with Gasteiger partial charge in [-0.25, -0.2) is 4.98 Å². The fourth-order valence-corrected chi connectivity index (χ4v) is 4.03. The lowest BCUT2D eigenvalue weighted by molar-refractivity contribution is 0.0952. The molecule has 0 aliphatic heterocycles. The monoisotopic (exact) mass is 464 g/mol. The molecule has 0 radical (unpaired) electrons. The van der Waals surface area contributed by atoms with Crippen molar-refractivity contribution in [1.29, 1.82) is 0 Å². The highest BCUT2D eigenvalue weighted by Gasteiger charge is 2.21. The summed E-state index contributed by atoms with van der Waals surface area (Å²) in [7, 11) is 3.17. The Morgan fingerprint density at radius 3 is 2.29 bits per heavy atom. The van der Waals surface area contributed by atoms with Crippen molar-refractivity contribution in [2.75, 3.05) is 14.2 Å². The smallest absolute Gasteiger partial charge is 0.252 e. The van der Waals surface area contributed by atoms with E-state index in [1.54, 1.807) is 20.3 Å². The molecule has 0 saturated carbocycles. The topological polar surface area (TPSA) is 89.1 Å². The van der Waals surface area contributed by atoms with Gasteiger partial charge in [-0.15, -0.1) is 0 Å². The van der Waals surface area contributed by atoms with Crippen molar-refractivity contribution in [3.63, 3.8) is 0 Å². The number of aromatic nitrogens is 3. The molecular formula is C28H24N4O3. The van der Waals surface area contributed by atoms with Crippen molar-refractivity contribution in [2.24, 2.45) is 0 Å². The first-order valence-electron chi connectivity index (χ1n) is 11.2. The average Bonchev–Trinajstić information content (AvgIpc) is 3.36. The summed E-state index contributed by atoms with van der Waals surface area (Å²) in [6.07, 6.45) is 0. The molecular weight excluding hydrogens is 440 g/mol. The van der Waals surface area contributed by atoms with Gasteiger partial charge in [0.05, 0.1) is 36.6 Å². The summed E-state index contributed by atoms with van der Waals surface area (Å²) in [5.41, 5.74) is 5.02. The molecule has 7 nitrogen and oxygen atoms in total. The molecule has 0 unspecified atom stereocenters. The van der Waals surface area contributed by atoms with Gasteiger partial charge in [-0.05, 0) is 29.8 Å². The number of benzene rings is 3. The van der Waals surface area contributed by atoms with Gasteiger partial charge in [0.15, 0.2) is 17.1 Å². The molecule has 5 aromatic rings. The number of pyridine rings is 1. The standard InChI is InChI=1S/C28H24N4O3/c1-34-23-14-13-20(15-24(23)35-2)22-16-21(28(33)29-17-18-9-5-3-6-10-18)25-26(31-32-27(25)30-22)19-11-7-4-8-12-19/h3-16H,17H2,1-2H3,(H,29,33)(H,30,31,32). The third-order valence-electron chi connectivity index (χ3n) is 5.81. The molecule has 0 aliphatic rings. The summed E-state index contributed by atoms with van der Waals surface area (Å²) >= 11 is 0. The summed E-state index contributed by atoms with van der Waals surface area (Å²) in [6, 6.07) is 26.9. The molecule has 35 heavy (non-hydrogen) atoms. The summed E-state index contributed by atoms with van der Waals surface area (Å²) in [5, 5.41) is 11.2. The number of amides is 1. The Bertz CT molecular complexity index is 1480. The van der Waals surface area contributed by atoms with Gasteiger partial charge in [-0.3, -0.25) is 9.89 Å². The van der Waals surface area contributed by atoms with E-state index in [1.165, 1.54) is 0 Å². The lowest BCUT2D eigenvalue weighted by Crippen LogP contribution is -2.23. The van der Waals surface area contributed by atoms with Gasteiger partial charge in [0.25, 0.3) is 5.91 Å². The number of nitrogens with zero attached hydrogens (tertiary/aromatic N) is 2. The number of nitrogens with one attached hydrogen (secondary N) is 2. The van der Waals surface area contributed by atoms with Crippen LogP contribution in [0, 0.1) is 0 Å². The van der Waals surface area contributed by atoms with Crippen LogP contribution >= 0.6 is 0 Å². The van der Waals surface area contributed by atoms with Crippen molar-refractivity contribution < 1.29 is 14.3 Å². The fraction of sp³-hybridized carbons (Fsp3) is 0.107. The quantitative estimate of drug-likeness (QED) is 0.344. The van der Waals surface area contributed by atoms with Gasteiger partial charge in [0.2, 0.25) is 0 Å². The van der Waals surface area contributed by atoms with Gasteiger partial charge >= 0.3 is 0 Å². The Kier molecular flexibility index (Phi) is 6.13. The minimum atomic E-state index is -0.207. The number of hydrogen-bond donors (Lipinski definition) is 2. The molecule has 0 fully saturated rings. The molecule has 2 heterocycles. The van der Waals surface area contributed by atoms with Gasteiger partial charge in [0.1, 0.15) is 0 Å². The molecule has 0 saturated heterocycles. The van der Waals surface area contributed by atoms with Crippen LogP contribution in [0.3, 0.4) is 0 Å². The molecule has 0 spiro atoms. The number of fused-ring (bicyclic) bond motifs is 1. The molecule has 3 aromatic carbocycles. The Labute approximate surface area is 202 Å². The van der Waals surface area contributed by atoms with Gasteiger partial charge in [-0.1, -0.05) is 60.7 Å². The predicted octanol–water partition coefficient (Wildman–Crippen LogP) is 5.24. The number of rotatable bonds is 7. The molecule has 2 aromatic heterocycles. The number of carbonyl (C=O) groups is 1. The zero-order valence-electron chi connectivity index (χ0n) is 19.4. The summed E-state index contributed by atoms with van der Waals surface area (Å²) < 4.78 is 10.8. The SMILES string of the molecule is COc1ccc(-c2cc(C(=O)NCc3ccccc3)c3c(-c4ccccc4)[nH]nc3n2)cc1OC. The molecule has 0 aliphatic carbocycles. The third-order valence-corrected chi connectivity index (χ3v) is 5.81. The fourth-order valence-electron chi connectivity index (χ4n) is 4.03. The van der Waals surface area contributed by atoms with E-state index in [-0.39, 0.29) is 5.91 Å². The first kappa shape index (κ1) is 22.2. The van der Waals surface area contributed by atoms with Crippen molar-refractivity contribution in [3.05, 3.63) is 96.1 Å². The van der Waals surface area contributed by atoms with Crippen molar-refractivity contribution in [3.8, 4) is 34.0 Å². The Morgan fingerprint density at radius 2 is 1.57 bits per heavy atom. The second-order valence-corrected chi connectivity index (χ2v) is 7.96. The largest absolute Gasteiger partial charge is 0.493 e. The van der Waals surface area contributed by atoms with Crippen LogP contribution in [0.4, 0.5) is 0 Å². The Morgan fingerprint density at radius 1 is 0.857 bits per heavy atom. The molecule has 2 N–H and O–H groups in total. The number of carbonyl (C=O) groups excluding carboxylic acids is 1. The van der Waals surface area contributed by atoms with Crippen molar-refractivity contribution in [1.82, 2.24) is 20.5 Å². The maximum atomic E-state index is 13.5. The van der Waals surface area contributed by atoms with E-state index < -0.39 is 0 Å². The van der Waals surface area contributed by atoms with E-state index in [2.05, 4.69) is 15.5 Å². The molecule has 5 rings (SSSR count). The number of methoxy groups -OCH3 is 2. The van der Waals surface area contributed by atoms with Gasteiger partial charge in [-0.2, -0.15) is 5.10 Å². The van der Waals surface area contributed by atoms with Crippen LogP contribution in [0.1, 0.15) is 15.9 Å². The second kappa shape index (κ2) is 9.69. The number of H-pyrrole nitrogens is 1. The lowest BCUT2D eigenvalue weighted by atomic mass is 10.0.